The summed E-state index contributed by atoms with van der Waals surface area (Å²) in [6.45, 7) is 3.21. The Morgan fingerprint density at radius 2 is 1.74 bits per heavy atom. The summed E-state index contributed by atoms with van der Waals surface area (Å²) < 4.78 is 35.5. The average Bonchev–Trinajstić information content (AvgIpc) is 2.11. The molecule has 112 valence electrons. The molecule has 0 aliphatic carbocycles. The fourth-order valence-electron chi connectivity index (χ4n) is 1.43. The standard InChI is InChI=1S/C11H19F3N2O3/c1-10(2,7-8(17)18)16-9(19)15-6-4-3-5-11(12,13)14/h3-7H2,1-2H3,(H,17,18)(H2,15,16,19). The highest BCUT2D eigenvalue weighted by Crippen LogP contribution is 2.21. The van der Waals surface area contributed by atoms with Gasteiger partial charge in [-0.15, -0.1) is 0 Å². The maximum absolute atomic E-state index is 11.8. The molecule has 0 bridgehead atoms. The summed E-state index contributed by atoms with van der Waals surface area (Å²) in [5, 5.41) is 13.4. The van der Waals surface area contributed by atoms with Gasteiger partial charge in [0.15, 0.2) is 0 Å². The van der Waals surface area contributed by atoms with Gasteiger partial charge < -0.3 is 15.7 Å². The van der Waals surface area contributed by atoms with Crippen molar-refractivity contribution in [1.29, 1.82) is 0 Å². The number of carbonyl (C=O) groups excluding carboxylic acids is 1. The van der Waals surface area contributed by atoms with E-state index in [-0.39, 0.29) is 25.8 Å². The van der Waals surface area contributed by atoms with Gasteiger partial charge in [0, 0.05) is 18.5 Å². The lowest BCUT2D eigenvalue weighted by Gasteiger charge is -2.24. The summed E-state index contributed by atoms with van der Waals surface area (Å²) in [5.41, 5.74) is -0.915. The number of unbranched alkanes of at least 4 members (excludes halogenated alkanes) is 1. The van der Waals surface area contributed by atoms with Crippen molar-refractivity contribution in [3.8, 4) is 0 Å². The number of carboxylic acid groups (broad SMARTS) is 1. The molecule has 8 heteroatoms. The number of alkyl halides is 3. The fourth-order valence-corrected chi connectivity index (χ4v) is 1.43. The largest absolute Gasteiger partial charge is 0.481 e. The molecular weight excluding hydrogens is 265 g/mol. The van der Waals surface area contributed by atoms with E-state index >= 15 is 0 Å². The van der Waals surface area contributed by atoms with Crippen LogP contribution in [0, 0.1) is 0 Å². The van der Waals surface area contributed by atoms with Gasteiger partial charge in [-0.05, 0) is 26.7 Å². The third-order valence-corrected chi connectivity index (χ3v) is 2.22. The normalized spacial score (nSPS) is 12.1. The van der Waals surface area contributed by atoms with Crippen LogP contribution >= 0.6 is 0 Å². The second-order valence-electron chi connectivity index (χ2n) is 4.91. The Balaban J connectivity index is 3.79. The van der Waals surface area contributed by atoms with E-state index in [4.69, 9.17) is 5.11 Å². The minimum Gasteiger partial charge on any atom is -0.481 e. The highest BCUT2D eigenvalue weighted by atomic mass is 19.4. The second kappa shape index (κ2) is 7.20. The van der Waals surface area contributed by atoms with Crippen molar-refractivity contribution in [1.82, 2.24) is 10.6 Å². The molecule has 2 amide bonds. The average molecular weight is 284 g/mol. The summed E-state index contributed by atoms with van der Waals surface area (Å²) in [6.07, 6.45) is -5.13. The van der Waals surface area contributed by atoms with E-state index in [1.165, 1.54) is 0 Å². The maximum atomic E-state index is 11.8. The van der Waals surface area contributed by atoms with Crippen LogP contribution in [0.1, 0.15) is 39.5 Å². The Kier molecular flexibility index (Phi) is 6.64. The van der Waals surface area contributed by atoms with Crippen molar-refractivity contribution < 1.29 is 27.9 Å². The summed E-state index contributed by atoms with van der Waals surface area (Å²) in [5.74, 6) is -1.05. The monoisotopic (exact) mass is 284 g/mol. The lowest BCUT2D eigenvalue weighted by Crippen LogP contribution is -2.49. The van der Waals surface area contributed by atoms with Gasteiger partial charge in [0.05, 0.1) is 6.42 Å². The van der Waals surface area contributed by atoms with Crippen molar-refractivity contribution in [2.75, 3.05) is 6.54 Å². The molecule has 0 unspecified atom stereocenters. The molecular formula is C11H19F3N2O3. The Bertz CT molecular complexity index is 317. The first-order valence-electron chi connectivity index (χ1n) is 5.86. The Morgan fingerprint density at radius 1 is 1.16 bits per heavy atom. The number of carboxylic acids is 1. The molecule has 0 aromatic rings. The van der Waals surface area contributed by atoms with Gasteiger partial charge in [0.2, 0.25) is 0 Å². The molecule has 0 aromatic carbocycles. The van der Waals surface area contributed by atoms with E-state index in [0.717, 1.165) is 0 Å². The third-order valence-electron chi connectivity index (χ3n) is 2.22. The van der Waals surface area contributed by atoms with E-state index in [9.17, 15) is 22.8 Å². The Labute approximate surface area is 109 Å². The van der Waals surface area contributed by atoms with Crippen LogP contribution in [-0.2, 0) is 4.79 Å². The third kappa shape index (κ3) is 11.4. The molecule has 0 rings (SSSR count). The molecule has 5 nitrogen and oxygen atoms in total. The van der Waals surface area contributed by atoms with Gasteiger partial charge in [-0.3, -0.25) is 4.79 Å². The van der Waals surface area contributed by atoms with E-state index in [1.807, 2.05) is 0 Å². The minimum absolute atomic E-state index is 0.0533. The summed E-state index contributed by atoms with van der Waals surface area (Å²) in [4.78, 5) is 21.9. The van der Waals surface area contributed by atoms with Crippen LogP contribution in [0.3, 0.4) is 0 Å². The first-order chi connectivity index (χ1) is 8.52. The van der Waals surface area contributed by atoms with Crippen LogP contribution < -0.4 is 10.6 Å². The molecule has 3 N–H and O–H groups in total. The summed E-state index contributed by atoms with van der Waals surface area (Å²) >= 11 is 0. The van der Waals surface area contributed by atoms with Gasteiger partial charge in [-0.25, -0.2) is 4.79 Å². The van der Waals surface area contributed by atoms with E-state index in [1.54, 1.807) is 13.8 Å². The zero-order valence-electron chi connectivity index (χ0n) is 10.9. The van der Waals surface area contributed by atoms with Crippen molar-refractivity contribution in [2.24, 2.45) is 0 Å². The van der Waals surface area contributed by atoms with Crippen molar-refractivity contribution in [3.63, 3.8) is 0 Å². The van der Waals surface area contributed by atoms with Crippen LogP contribution in [0.5, 0.6) is 0 Å². The lowest BCUT2D eigenvalue weighted by molar-refractivity contribution is -0.138. The number of hydrogen-bond acceptors (Lipinski definition) is 2. The van der Waals surface area contributed by atoms with E-state index < -0.39 is 30.1 Å². The van der Waals surface area contributed by atoms with Crippen LogP contribution in [0.2, 0.25) is 0 Å². The first kappa shape index (κ1) is 17.5. The smallest absolute Gasteiger partial charge is 0.389 e. The zero-order chi connectivity index (χ0) is 15.1. The highest BCUT2D eigenvalue weighted by Gasteiger charge is 2.26. The van der Waals surface area contributed by atoms with E-state index in [2.05, 4.69) is 10.6 Å². The number of hydrogen-bond donors (Lipinski definition) is 3. The lowest BCUT2D eigenvalue weighted by atomic mass is 10.0. The highest BCUT2D eigenvalue weighted by molar-refractivity contribution is 5.76. The molecule has 0 fully saturated rings. The van der Waals surface area contributed by atoms with Crippen LogP contribution in [0.25, 0.3) is 0 Å². The molecule has 0 spiro atoms. The van der Waals surface area contributed by atoms with Crippen molar-refractivity contribution >= 4 is 12.0 Å². The quantitative estimate of drug-likeness (QED) is 0.627. The minimum atomic E-state index is -4.17. The van der Waals surface area contributed by atoms with Gasteiger partial charge in [0.25, 0.3) is 0 Å². The number of rotatable bonds is 7. The van der Waals surface area contributed by atoms with Gasteiger partial charge in [0.1, 0.15) is 0 Å². The molecule has 0 aliphatic heterocycles. The van der Waals surface area contributed by atoms with Crippen LogP contribution in [0.15, 0.2) is 0 Å². The predicted octanol–water partition coefficient (Wildman–Crippen LogP) is 2.27. The predicted molar refractivity (Wildman–Crippen MR) is 62.8 cm³/mol. The number of halogens is 3. The fraction of sp³-hybridized carbons (Fsp3) is 0.818. The Morgan fingerprint density at radius 3 is 2.21 bits per heavy atom. The van der Waals surface area contributed by atoms with Gasteiger partial charge in [-0.1, -0.05) is 0 Å². The second-order valence-corrected chi connectivity index (χ2v) is 4.91. The molecule has 19 heavy (non-hydrogen) atoms. The van der Waals surface area contributed by atoms with Crippen LogP contribution in [0.4, 0.5) is 18.0 Å². The van der Waals surface area contributed by atoms with Gasteiger partial charge in [-0.2, -0.15) is 13.2 Å². The number of urea groups is 1. The summed E-state index contributed by atoms with van der Waals surface area (Å²) in [7, 11) is 0. The molecule has 0 saturated carbocycles. The zero-order valence-corrected chi connectivity index (χ0v) is 10.9. The molecule has 0 atom stereocenters. The molecule has 0 radical (unpaired) electrons. The van der Waals surface area contributed by atoms with Crippen LogP contribution in [-0.4, -0.2) is 35.4 Å². The molecule has 0 aliphatic rings. The molecule has 0 saturated heterocycles. The van der Waals surface area contributed by atoms with Gasteiger partial charge >= 0.3 is 18.2 Å². The number of amides is 2. The first-order valence-corrected chi connectivity index (χ1v) is 5.86. The maximum Gasteiger partial charge on any atom is 0.389 e. The molecule has 0 aromatic heterocycles. The van der Waals surface area contributed by atoms with Crippen molar-refractivity contribution in [3.05, 3.63) is 0 Å². The van der Waals surface area contributed by atoms with Crippen molar-refractivity contribution in [2.45, 2.75) is 51.2 Å². The Hall–Kier alpha value is -1.47. The summed E-state index contributed by atoms with van der Waals surface area (Å²) in [6, 6.07) is -0.585. The number of nitrogens with one attached hydrogen (secondary N) is 2. The topological polar surface area (TPSA) is 78.4 Å². The van der Waals surface area contributed by atoms with E-state index in [0.29, 0.717) is 0 Å². The number of aliphatic carboxylic acids is 1. The number of carbonyl (C=O) groups is 2. The SMILES string of the molecule is CC(C)(CC(=O)O)NC(=O)NCCCCC(F)(F)F. The molecule has 0 heterocycles.